The van der Waals surface area contributed by atoms with Crippen molar-refractivity contribution in [2.75, 3.05) is 5.75 Å². The number of aryl methyl sites for hydroxylation is 1. The van der Waals surface area contributed by atoms with E-state index in [0.717, 1.165) is 34.0 Å². The minimum atomic E-state index is 0.0508. The van der Waals surface area contributed by atoms with Crippen molar-refractivity contribution in [2.45, 2.75) is 50.6 Å². The van der Waals surface area contributed by atoms with Gasteiger partial charge in [-0.05, 0) is 37.2 Å². The molecular weight excluding hydrogens is 276 g/mol. The summed E-state index contributed by atoms with van der Waals surface area (Å²) >= 11 is 3.36. The average molecular weight is 294 g/mol. The summed E-state index contributed by atoms with van der Waals surface area (Å²) in [6, 6.07) is 0. The first-order valence-corrected chi connectivity index (χ1v) is 8.69. The first-order valence-electron chi connectivity index (χ1n) is 6.89. The molecule has 0 bridgehead atoms. The SMILES string of the molecule is CCCSc1nc2sc3c(c2c(=O)[nH]1)C(C)CCC3. The molecule has 1 aliphatic carbocycles. The van der Waals surface area contributed by atoms with Crippen LogP contribution in [0, 0.1) is 0 Å². The third-order valence-electron chi connectivity index (χ3n) is 3.63. The van der Waals surface area contributed by atoms with Gasteiger partial charge < -0.3 is 4.98 Å². The average Bonchev–Trinajstić information content (AvgIpc) is 2.76. The molecule has 102 valence electrons. The number of nitrogens with one attached hydrogen (secondary N) is 1. The van der Waals surface area contributed by atoms with Crippen LogP contribution in [0.4, 0.5) is 0 Å². The Kier molecular flexibility index (Phi) is 3.67. The number of nitrogens with zero attached hydrogens (tertiary/aromatic N) is 1. The van der Waals surface area contributed by atoms with Crippen molar-refractivity contribution in [3.8, 4) is 0 Å². The monoisotopic (exact) mass is 294 g/mol. The molecule has 0 amide bonds. The fourth-order valence-corrected chi connectivity index (χ4v) is 4.85. The minimum Gasteiger partial charge on any atom is -0.301 e. The molecule has 1 atom stereocenters. The van der Waals surface area contributed by atoms with Gasteiger partial charge in [-0.25, -0.2) is 4.98 Å². The highest BCUT2D eigenvalue weighted by Gasteiger charge is 2.24. The van der Waals surface area contributed by atoms with Gasteiger partial charge in [-0.1, -0.05) is 25.6 Å². The van der Waals surface area contributed by atoms with E-state index in [1.807, 2.05) is 0 Å². The molecule has 0 aliphatic heterocycles. The lowest BCUT2D eigenvalue weighted by molar-refractivity contribution is 0.601. The van der Waals surface area contributed by atoms with Crippen molar-refractivity contribution in [3.05, 3.63) is 20.8 Å². The summed E-state index contributed by atoms with van der Waals surface area (Å²) in [4.78, 5) is 22.2. The number of H-pyrrole nitrogens is 1. The summed E-state index contributed by atoms with van der Waals surface area (Å²) in [5.74, 6) is 1.49. The first-order chi connectivity index (χ1) is 9.20. The van der Waals surface area contributed by atoms with Crippen LogP contribution in [-0.2, 0) is 6.42 Å². The molecule has 3 nitrogen and oxygen atoms in total. The Morgan fingerprint density at radius 3 is 3.16 bits per heavy atom. The van der Waals surface area contributed by atoms with Crippen LogP contribution in [0.3, 0.4) is 0 Å². The van der Waals surface area contributed by atoms with Crippen LogP contribution in [0.25, 0.3) is 10.2 Å². The van der Waals surface area contributed by atoms with Crippen molar-refractivity contribution in [1.82, 2.24) is 9.97 Å². The van der Waals surface area contributed by atoms with Gasteiger partial charge in [0.2, 0.25) is 0 Å². The number of aromatic nitrogens is 2. The molecule has 0 saturated heterocycles. The van der Waals surface area contributed by atoms with Gasteiger partial charge in [-0.2, -0.15) is 0 Å². The lowest BCUT2D eigenvalue weighted by Gasteiger charge is -2.18. The second-order valence-electron chi connectivity index (χ2n) is 5.13. The van der Waals surface area contributed by atoms with E-state index in [-0.39, 0.29) is 5.56 Å². The molecule has 0 fully saturated rings. The van der Waals surface area contributed by atoms with Crippen LogP contribution in [0.2, 0.25) is 0 Å². The topological polar surface area (TPSA) is 45.8 Å². The van der Waals surface area contributed by atoms with Crippen molar-refractivity contribution in [3.63, 3.8) is 0 Å². The maximum absolute atomic E-state index is 12.3. The lowest BCUT2D eigenvalue weighted by Crippen LogP contribution is -2.12. The molecule has 1 N–H and O–H groups in total. The third kappa shape index (κ3) is 2.34. The molecule has 0 radical (unpaired) electrons. The smallest absolute Gasteiger partial charge is 0.260 e. The van der Waals surface area contributed by atoms with E-state index in [4.69, 9.17) is 0 Å². The van der Waals surface area contributed by atoms with Gasteiger partial charge in [0.05, 0.1) is 5.39 Å². The number of aromatic amines is 1. The Bertz CT molecular complexity index is 659. The summed E-state index contributed by atoms with van der Waals surface area (Å²) < 4.78 is 0. The summed E-state index contributed by atoms with van der Waals surface area (Å²) in [7, 11) is 0. The highest BCUT2D eigenvalue weighted by molar-refractivity contribution is 7.99. The van der Waals surface area contributed by atoms with Gasteiger partial charge in [0.25, 0.3) is 5.56 Å². The van der Waals surface area contributed by atoms with Crippen LogP contribution in [0.5, 0.6) is 0 Å². The van der Waals surface area contributed by atoms with Gasteiger partial charge >= 0.3 is 0 Å². The fourth-order valence-electron chi connectivity index (χ4n) is 2.74. The predicted molar refractivity (Wildman–Crippen MR) is 82.6 cm³/mol. The molecule has 0 saturated carbocycles. The zero-order valence-corrected chi connectivity index (χ0v) is 12.9. The highest BCUT2D eigenvalue weighted by atomic mass is 32.2. The maximum Gasteiger partial charge on any atom is 0.260 e. The molecule has 2 heterocycles. The van der Waals surface area contributed by atoms with Crippen molar-refractivity contribution in [2.24, 2.45) is 0 Å². The van der Waals surface area contributed by atoms with Gasteiger partial charge in [-0.15, -0.1) is 11.3 Å². The predicted octanol–water partition coefficient (Wildman–Crippen LogP) is 3.93. The molecule has 3 rings (SSSR count). The van der Waals surface area contributed by atoms with E-state index in [1.165, 1.54) is 23.3 Å². The Morgan fingerprint density at radius 2 is 2.37 bits per heavy atom. The zero-order valence-electron chi connectivity index (χ0n) is 11.3. The summed E-state index contributed by atoms with van der Waals surface area (Å²) in [5, 5.41) is 1.62. The second kappa shape index (κ2) is 5.29. The van der Waals surface area contributed by atoms with Crippen molar-refractivity contribution < 1.29 is 0 Å². The molecule has 2 aromatic rings. The largest absolute Gasteiger partial charge is 0.301 e. The normalized spacial score (nSPS) is 18.7. The first kappa shape index (κ1) is 13.2. The van der Waals surface area contributed by atoms with E-state index in [9.17, 15) is 4.79 Å². The molecule has 1 aliphatic rings. The Balaban J connectivity index is 2.14. The molecule has 2 aromatic heterocycles. The lowest BCUT2D eigenvalue weighted by atomic mass is 9.88. The van der Waals surface area contributed by atoms with Crippen molar-refractivity contribution in [1.29, 1.82) is 0 Å². The van der Waals surface area contributed by atoms with Crippen LogP contribution < -0.4 is 5.56 Å². The zero-order chi connectivity index (χ0) is 13.4. The van der Waals surface area contributed by atoms with Gasteiger partial charge in [0, 0.05) is 10.6 Å². The number of thioether (sulfide) groups is 1. The molecule has 5 heteroatoms. The second-order valence-corrected chi connectivity index (χ2v) is 7.30. The number of fused-ring (bicyclic) bond motifs is 3. The van der Waals surface area contributed by atoms with Crippen LogP contribution in [0.15, 0.2) is 9.95 Å². The van der Waals surface area contributed by atoms with Gasteiger partial charge in [0.1, 0.15) is 4.83 Å². The maximum atomic E-state index is 12.3. The molecular formula is C14H18N2OS2. The van der Waals surface area contributed by atoms with Gasteiger partial charge in [-0.3, -0.25) is 4.79 Å². The Hall–Kier alpha value is -0.810. The number of thiophene rings is 1. The summed E-state index contributed by atoms with van der Waals surface area (Å²) in [5.41, 5.74) is 1.32. The quantitative estimate of drug-likeness (QED) is 0.689. The third-order valence-corrected chi connectivity index (χ3v) is 5.87. The minimum absolute atomic E-state index is 0.0508. The van der Waals surface area contributed by atoms with E-state index in [0.29, 0.717) is 5.92 Å². The molecule has 0 aromatic carbocycles. The van der Waals surface area contributed by atoms with E-state index in [2.05, 4.69) is 23.8 Å². The van der Waals surface area contributed by atoms with Gasteiger partial charge in [0.15, 0.2) is 5.16 Å². The van der Waals surface area contributed by atoms with Crippen LogP contribution >= 0.6 is 23.1 Å². The Morgan fingerprint density at radius 1 is 1.53 bits per heavy atom. The molecule has 1 unspecified atom stereocenters. The summed E-state index contributed by atoms with van der Waals surface area (Å²) in [6.07, 6.45) is 4.61. The van der Waals surface area contributed by atoms with E-state index >= 15 is 0 Å². The number of hydrogen-bond donors (Lipinski definition) is 1. The molecule has 0 spiro atoms. The standard InChI is InChI=1S/C14H18N2OS2/c1-3-7-18-14-15-12(17)11-10-8(2)5-4-6-9(10)19-13(11)16-14/h8H,3-7H2,1-2H3,(H,15,16,17). The highest BCUT2D eigenvalue weighted by Crippen LogP contribution is 2.40. The van der Waals surface area contributed by atoms with Crippen molar-refractivity contribution >= 4 is 33.3 Å². The summed E-state index contributed by atoms with van der Waals surface area (Å²) in [6.45, 7) is 4.36. The number of hydrogen-bond acceptors (Lipinski definition) is 4. The van der Waals surface area contributed by atoms with Crippen LogP contribution in [0.1, 0.15) is 49.5 Å². The van der Waals surface area contributed by atoms with E-state index in [1.54, 1.807) is 23.1 Å². The van der Waals surface area contributed by atoms with E-state index < -0.39 is 0 Å². The molecule has 19 heavy (non-hydrogen) atoms. The Labute approximate surface area is 120 Å². The fraction of sp³-hybridized carbons (Fsp3) is 0.571. The van der Waals surface area contributed by atoms with Crippen LogP contribution in [-0.4, -0.2) is 15.7 Å². The number of rotatable bonds is 3.